The van der Waals surface area contributed by atoms with Crippen molar-refractivity contribution in [2.75, 3.05) is 42.5 Å². The highest BCUT2D eigenvalue weighted by Gasteiger charge is 2.04. The molecule has 4 nitrogen and oxygen atoms in total. The van der Waals surface area contributed by atoms with Crippen molar-refractivity contribution < 1.29 is 13.3 Å². The van der Waals surface area contributed by atoms with Gasteiger partial charge in [0.05, 0.1) is 0 Å². The highest BCUT2D eigenvalue weighted by atomic mass is 28.3. The second kappa shape index (κ2) is 18.6. The fraction of sp³-hybridized carbons (Fsp3) is 0.778. The molecular weight excluding hydrogens is 198 g/mol. The van der Waals surface area contributed by atoms with Gasteiger partial charge in [0.25, 0.3) is 0 Å². The molecule has 0 bridgehead atoms. The molecule has 0 fully saturated rings. The average Bonchev–Trinajstić information content (AvgIpc) is 2.08. The van der Waals surface area contributed by atoms with E-state index in [4.69, 9.17) is 13.3 Å². The zero-order valence-corrected chi connectivity index (χ0v) is 11.7. The highest BCUT2D eigenvalue weighted by Crippen LogP contribution is 1.81. The minimum Gasteiger partial charge on any atom is -0.379 e. The topological polar surface area (TPSA) is 30.9 Å². The van der Waals surface area contributed by atoms with Crippen LogP contribution in [0.3, 0.4) is 0 Å². The molecule has 0 saturated heterocycles. The molecule has 0 spiro atoms. The van der Waals surface area contributed by atoms with Crippen molar-refractivity contribution in [3.8, 4) is 0 Å². The van der Waals surface area contributed by atoms with Crippen LogP contribution in [0.25, 0.3) is 0 Å². The molecular formula is C9H25NO3Si. The Morgan fingerprint density at radius 1 is 1.00 bits per heavy atom. The van der Waals surface area contributed by atoms with Crippen molar-refractivity contribution in [2.45, 2.75) is 6.92 Å². The van der Waals surface area contributed by atoms with Gasteiger partial charge in [-0.15, -0.1) is 6.58 Å². The van der Waals surface area contributed by atoms with Gasteiger partial charge < -0.3 is 18.2 Å². The van der Waals surface area contributed by atoms with E-state index in [0.717, 1.165) is 0 Å². The summed E-state index contributed by atoms with van der Waals surface area (Å²) >= 11 is 0. The predicted octanol–water partition coefficient (Wildman–Crippen LogP) is 1.01. The molecule has 0 rings (SSSR count). The van der Waals surface area contributed by atoms with Crippen molar-refractivity contribution in [2.24, 2.45) is 0 Å². The first-order chi connectivity index (χ1) is 6.49. The Morgan fingerprint density at radius 3 is 1.14 bits per heavy atom. The van der Waals surface area contributed by atoms with E-state index in [-0.39, 0.29) is 0 Å². The Hall–Kier alpha value is -0.203. The Morgan fingerprint density at radius 2 is 1.14 bits per heavy atom. The van der Waals surface area contributed by atoms with Crippen LogP contribution in [0.1, 0.15) is 6.92 Å². The molecule has 14 heavy (non-hydrogen) atoms. The third-order valence-corrected chi connectivity index (χ3v) is 1.73. The summed E-state index contributed by atoms with van der Waals surface area (Å²) in [5.74, 6) is 0. The Labute approximate surface area is 90.4 Å². The van der Waals surface area contributed by atoms with Crippen LogP contribution in [-0.4, -0.2) is 56.9 Å². The van der Waals surface area contributed by atoms with Gasteiger partial charge >= 0.3 is 9.53 Å². The van der Waals surface area contributed by atoms with Crippen LogP contribution >= 0.6 is 0 Å². The van der Waals surface area contributed by atoms with E-state index in [1.54, 1.807) is 27.4 Å². The molecule has 0 saturated carbocycles. The number of hydrogen-bond acceptors (Lipinski definition) is 4. The number of allylic oxidation sites excluding steroid dienone is 1. The lowest BCUT2D eigenvalue weighted by Crippen LogP contribution is -2.21. The molecule has 0 radical (unpaired) electrons. The first kappa shape index (κ1) is 19.4. The van der Waals surface area contributed by atoms with Gasteiger partial charge in [-0.25, -0.2) is 0 Å². The minimum atomic E-state index is -1.67. The fourth-order valence-corrected chi connectivity index (χ4v) is 0.866. The summed E-state index contributed by atoms with van der Waals surface area (Å²) in [7, 11) is 9.05. The normalized spacial score (nSPS) is 8.64. The van der Waals surface area contributed by atoms with Gasteiger partial charge in [0.1, 0.15) is 0 Å². The second-order valence-corrected chi connectivity index (χ2v) is 4.74. The molecule has 88 valence electrons. The molecule has 0 unspecified atom stereocenters. The number of rotatable bonds is 3. The molecule has 0 amide bonds. The number of hydrogen-bond donors (Lipinski definition) is 0. The summed E-state index contributed by atoms with van der Waals surface area (Å²) < 4.78 is 14.2. The van der Waals surface area contributed by atoms with Crippen molar-refractivity contribution in [3.63, 3.8) is 0 Å². The summed E-state index contributed by atoms with van der Waals surface area (Å²) in [4.78, 5) is 2.00. The first-order valence-electron chi connectivity index (χ1n) is 4.26. The molecule has 0 aromatic rings. The van der Waals surface area contributed by atoms with Crippen LogP contribution in [0.5, 0.6) is 0 Å². The summed E-state index contributed by atoms with van der Waals surface area (Å²) in [6, 6.07) is 0. The molecule has 0 N–H and O–H groups in total. The second-order valence-electron chi connectivity index (χ2n) is 2.75. The zero-order chi connectivity index (χ0) is 12.0. The molecule has 0 atom stereocenters. The van der Waals surface area contributed by atoms with Crippen LogP contribution in [0.2, 0.25) is 0 Å². The first-order valence-corrected chi connectivity index (χ1v) is 5.67. The maximum Gasteiger partial charge on any atom is 0.483 e. The highest BCUT2D eigenvalue weighted by molar-refractivity contribution is 6.36. The van der Waals surface area contributed by atoms with Gasteiger partial charge in [0, 0.05) is 21.3 Å². The van der Waals surface area contributed by atoms with Crippen molar-refractivity contribution in [1.82, 2.24) is 4.90 Å². The molecule has 5 heteroatoms. The van der Waals surface area contributed by atoms with E-state index in [0.29, 0.717) is 0 Å². The van der Waals surface area contributed by atoms with Gasteiger partial charge in [0.15, 0.2) is 0 Å². The van der Waals surface area contributed by atoms with Gasteiger partial charge in [-0.05, 0) is 28.1 Å². The van der Waals surface area contributed by atoms with Crippen LogP contribution in [0, 0.1) is 0 Å². The van der Waals surface area contributed by atoms with Gasteiger partial charge in [-0.2, -0.15) is 0 Å². The van der Waals surface area contributed by atoms with E-state index >= 15 is 0 Å². The predicted molar refractivity (Wildman–Crippen MR) is 63.7 cm³/mol. The average molecular weight is 223 g/mol. The van der Waals surface area contributed by atoms with Crippen LogP contribution in [-0.2, 0) is 13.3 Å². The maximum atomic E-state index is 4.74. The Bertz CT molecular complexity index is 89.8. The third-order valence-electron chi connectivity index (χ3n) is 0.577. The molecule has 0 heterocycles. The fourth-order valence-electron chi connectivity index (χ4n) is 0.289. The third kappa shape index (κ3) is 40.9. The molecule has 0 aromatic heterocycles. The zero-order valence-electron chi connectivity index (χ0n) is 10.5. The summed E-state index contributed by atoms with van der Waals surface area (Å²) in [6.07, 6.45) is 1.75. The number of nitrogens with zero attached hydrogens (tertiary/aromatic N) is 1. The lowest BCUT2D eigenvalue weighted by Gasteiger charge is -2.05. The van der Waals surface area contributed by atoms with Crippen molar-refractivity contribution in [3.05, 3.63) is 12.7 Å². The van der Waals surface area contributed by atoms with Gasteiger partial charge in [0.2, 0.25) is 0 Å². The lowest BCUT2D eigenvalue weighted by atomic mass is 10.8. The quantitative estimate of drug-likeness (QED) is 0.528. The van der Waals surface area contributed by atoms with E-state index in [9.17, 15) is 0 Å². The van der Waals surface area contributed by atoms with Crippen LogP contribution in [0.15, 0.2) is 12.7 Å². The standard InChI is InChI=1S/C3H9N.C3H10O3Si.C3H6/c1-4(2)3;1-4-7(5-2)6-3;1-3-2/h1-3H3;7H,1-3H3;3H,1H2,2H3. The van der Waals surface area contributed by atoms with E-state index in [1.807, 2.05) is 33.0 Å². The smallest absolute Gasteiger partial charge is 0.379 e. The van der Waals surface area contributed by atoms with Gasteiger partial charge in [-0.3, -0.25) is 0 Å². The Kier molecular flexibility index (Phi) is 25.7. The summed E-state index contributed by atoms with van der Waals surface area (Å²) in [5.41, 5.74) is 0. The minimum absolute atomic E-state index is 1.57. The maximum absolute atomic E-state index is 4.74. The van der Waals surface area contributed by atoms with E-state index in [2.05, 4.69) is 6.58 Å². The van der Waals surface area contributed by atoms with E-state index in [1.165, 1.54) is 0 Å². The molecule has 0 aliphatic rings. The summed E-state index contributed by atoms with van der Waals surface area (Å²) in [5, 5.41) is 0. The molecule has 0 aliphatic carbocycles. The summed E-state index contributed by atoms with van der Waals surface area (Å²) in [6.45, 7) is 5.25. The van der Waals surface area contributed by atoms with Crippen LogP contribution < -0.4 is 0 Å². The largest absolute Gasteiger partial charge is 0.483 e. The molecule has 0 aliphatic heterocycles. The lowest BCUT2D eigenvalue weighted by molar-refractivity contribution is 0.163. The Balaban J connectivity index is -0.000000147. The van der Waals surface area contributed by atoms with Crippen molar-refractivity contribution >= 4 is 9.53 Å². The monoisotopic (exact) mass is 223 g/mol. The van der Waals surface area contributed by atoms with E-state index < -0.39 is 9.53 Å². The molecule has 0 aromatic carbocycles. The van der Waals surface area contributed by atoms with Gasteiger partial charge in [-0.1, -0.05) is 6.08 Å². The van der Waals surface area contributed by atoms with Crippen molar-refractivity contribution in [1.29, 1.82) is 0 Å². The SMILES string of the molecule is C=CC.CN(C)C.CO[SiH](OC)OC. The van der Waals surface area contributed by atoms with Crippen LogP contribution in [0.4, 0.5) is 0 Å².